The molecule has 18 nitrogen and oxygen atoms in total. The van der Waals surface area contributed by atoms with Crippen LogP contribution in [0.25, 0.3) is 22.3 Å². The molecule has 2 fully saturated rings. The van der Waals surface area contributed by atoms with Crippen LogP contribution in [0.3, 0.4) is 0 Å². The van der Waals surface area contributed by atoms with Gasteiger partial charge in [-0.25, -0.2) is 9.97 Å². The number of aromatic amines is 2. The molecule has 4 aromatic heterocycles. The quantitative estimate of drug-likeness (QED) is 0.105. The predicted molar refractivity (Wildman–Crippen MR) is 132 cm³/mol. The van der Waals surface area contributed by atoms with Gasteiger partial charge in [0, 0.05) is 12.8 Å². The highest BCUT2D eigenvalue weighted by atomic mass is 16.5. The number of fused-ring (bicyclic) bond motifs is 2. The molecule has 18 heteroatoms. The van der Waals surface area contributed by atoms with Crippen LogP contribution in [-0.4, -0.2) is 104 Å². The number of H-pyrrole nitrogens is 2. The number of hydrogen-bond acceptors (Lipinski definition) is 14. The number of nitrogens with zero attached hydrogens (tertiary/aromatic N) is 6. The lowest BCUT2D eigenvalue weighted by atomic mass is 10.2. The van der Waals surface area contributed by atoms with E-state index in [2.05, 4.69) is 40.5 Å². The SMILES string of the molecule is O=c1[nH]c(NCNc2nc3c(ncn3[C@H]3C[C@H](O)[C@@H](CO)O3)c(=O)[nH]2)nc2c1ncn2[C@H]1C[C@H](O)[C@@H](CO)O1. The molecule has 6 atom stereocenters. The fraction of sp³-hybridized carbons (Fsp3) is 0.524. The van der Waals surface area contributed by atoms with E-state index in [0.29, 0.717) is 0 Å². The Bertz CT molecular complexity index is 1500. The first-order valence-corrected chi connectivity index (χ1v) is 12.2. The molecule has 0 unspecified atom stereocenters. The van der Waals surface area contributed by atoms with Gasteiger partial charge in [-0.1, -0.05) is 0 Å². The second-order valence-corrected chi connectivity index (χ2v) is 9.24. The van der Waals surface area contributed by atoms with Gasteiger partial charge in [-0.15, -0.1) is 0 Å². The van der Waals surface area contributed by atoms with Crippen molar-refractivity contribution in [3.63, 3.8) is 0 Å². The molecule has 6 heterocycles. The number of ether oxygens (including phenoxy) is 2. The van der Waals surface area contributed by atoms with Crippen LogP contribution in [0.4, 0.5) is 11.9 Å². The van der Waals surface area contributed by atoms with Gasteiger partial charge < -0.3 is 40.5 Å². The summed E-state index contributed by atoms with van der Waals surface area (Å²) in [5.74, 6) is 0.187. The molecule has 4 aromatic rings. The number of imidazole rings is 2. The van der Waals surface area contributed by atoms with E-state index < -0.39 is 48.0 Å². The van der Waals surface area contributed by atoms with E-state index in [4.69, 9.17) is 9.47 Å². The van der Waals surface area contributed by atoms with Crippen molar-refractivity contribution >= 4 is 34.2 Å². The van der Waals surface area contributed by atoms with E-state index in [1.807, 2.05) is 0 Å². The summed E-state index contributed by atoms with van der Waals surface area (Å²) in [5.41, 5.74) is -0.425. The molecular weight excluding hydrogens is 520 g/mol. The van der Waals surface area contributed by atoms with Crippen LogP contribution in [0.1, 0.15) is 25.3 Å². The van der Waals surface area contributed by atoms with Gasteiger partial charge in [0.2, 0.25) is 11.9 Å². The second-order valence-electron chi connectivity index (χ2n) is 9.24. The summed E-state index contributed by atoms with van der Waals surface area (Å²) in [7, 11) is 0. The summed E-state index contributed by atoms with van der Waals surface area (Å²) in [4.78, 5) is 47.2. The first kappa shape index (κ1) is 25.3. The summed E-state index contributed by atoms with van der Waals surface area (Å²) in [6, 6.07) is 0. The third-order valence-electron chi connectivity index (χ3n) is 6.77. The minimum Gasteiger partial charge on any atom is -0.394 e. The number of aliphatic hydroxyl groups excluding tert-OH is 4. The number of hydrogen-bond donors (Lipinski definition) is 8. The van der Waals surface area contributed by atoms with Gasteiger partial charge in [0.25, 0.3) is 11.1 Å². The summed E-state index contributed by atoms with van der Waals surface area (Å²) >= 11 is 0. The Morgan fingerprint density at radius 3 is 1.64 bits per heavy atom. The molecule has 6 rings (SSSR count). The Morgan fingerprint density at radius 1 is 0.821 bits per heavy atom. The van der Waals surface area contributed by atoms with Gasteiger partial charge in [0.15, 0.2) is 22.3 Å². The average Bonchev–Trinajstić information content (AvgIpc) is 3.68. The summed E-state index contributed by atoms with van der Waals surface area (Å²) in [6.07, 6.45) is -1.40. The highest BCUT2D eigenvalue weighted by molar-refractivity contribution is 5.72. The van der Waals surface area contributed by atoms with Crippen molar-refractivity contribution in [1.82, 2.24) is 39.0 Å². The van der Waals surface area contributed by atoms with E-state index in [1.54, 1.807) is 0 Å². The number of nitrogens with one attached hydrogen (secondary N) is 4. The monoisotopic (exact) mass is 546 g/mol. The molecular formula is C21H26N10O8. The largest absolute Gasteiger partial charge is 0.394 e. The molecule has 0 bridgehead atoms. The average molecular weight is 547 g/mol. The van der Waals surface area contributed by atoms with Crippen LogP contribution in [0, 0.1) is 0 Å². The second kappa shape index (κ2) is 9.98. The van der Waals surface area contributed by atoms with Crippen LogP contribution in [0.2, 0.25) is 0 Å². The maximum atomic E-state index is 12.6. The standard InChI is InChI=1S/C21H26N10O8/c32-3-10-8(34)1-12(38-10)30-6-24-14-16(30)26-20(28-18(14)36)22-5-23-21-27-17-15(19(37)29-21)25-7-31(17)13-2-9(35)11(4-33)39-13/h6-13,32-35H,1-5H2,(H2,22,26,28,36)(H2,23,27,29,37)/t8-,9-,10+,11+,12+,13+/m0/s1. The fourth-order valence-corrected chi connectivity index (χ4v) is 4.75. The molecule has 0 aliphatic carbocycles. The molecule has 2 saturated heterocycles. The summed E-state index contributed by atoms with van der Waals surface area (Å²) < 4.78 is 14.3. The summed E-state index contributed by atoms with van der Waals surface area (Å²) in [6.45, 7) is -0.710. The lowest BCUT2D eigenvalue weighted by Gasteiger charge is -2.14. The minimum atomic E-state index is -0.869. The molecule has 39 heavy (non-hydrogen) atoms. The first-order valence-electron chi connectivity index (χ1n) is 12.2. The molecule has 0 radical (unpaired) electrons. The van der Waals surface area contributed by atoms with Crippen LogP contribution < -0.4 is 21.8 Å². The van der Waals surface area contributed by atoms with Crippen molar-refractivity contribution in [1.29, 1.82) is 0 Å². The zero-order chi connectivity index (χ0) is 27.3. The van der Waals surface area contributed by atoms with Crippen LogP contribution in [-0.2, 0) is 9.47 Å². The van der Waals surface area contributed by atoms with Gasteiger partial charge in [0.1, 0.15) is 24.7 Å². The first-order chi connectivity index (χ1) is 18.9. The van der Waals surface area contributed by atoms with Crippen LogP contribution in [0.15, 0.2) is 22.2 Å². The maximum Gasteiger partial charge on any atom is 0.280 e. The van der Waals surface area contributed by atoms with Crippen molar-refractivity contribution in [2.24, 2.45) is 0 Å². The van der Waals surface area contributed by atoms with Crippen molar-refractivity contribution < 1.29 is 29.9 Å². The van der Waals surface area contributed by atoms with E-state index in [-0.39, 0.29) is 66.9 Å². The third-order valence-corrected chi connectivity index (χ3v) is 6.77. The van der Waals surface area contributed by atoms with Crippen molar-refractivity contribution in [2.75, 3.05) is 30.5 Å². The molecule has 2 aliphatic heterocycles. The molecule has 8 N–H and O–H groups in total. The fourth-order valence-electron chi connectivity index (χ4n) is 4.75. The van der Waals surface area contributed by atoms with Crippen LogP contribution in [0.5, 0.6) is 0 Å². The van der Waals surface area contributed by atoms with E-state index in [0.717, 1.165) is 0 Å². The predicted octanol–water partition coefficient (Wildman–Crippen LogP) is -2.68. The van der Waals surface area contributed by atoms with Crippen molar-refractivity contribution in [3.8, 4) is 0 Å². The topological polar surface area (TPSA) is 251 Å². The minimum absolute atomic E-state index is 0.0123. The Kier molecular flexibility index (Phi) is 6.49. The smallest absolute Gasteiger partial charge is 0.280 e. The summed E-state index contributed by atoms with van der Waals surface area (Å²) in [5, 5.41) is 44.6. The zero-order valence-electron chi connectivity index (χ0n) is 20.3. The molecule has 0 saturated carbocycles. The molecule has 0 spiro atoms. The van der Waals surface area contributed by atoms with Crippen LogP contribution >= 0.6 is 0 Å². The maximum absolute atomic E-state index is 12.6. The number of aliphatic hydroxyl groups is 4. The van der Waals surface area contributed by atoms with E-state index >= 15 is 0 Å². The highest BCUT2D eigenvalue weighted by Crippen LogP contribution is 2.31. The third kappa shape index (κ3) is 4.51. The van der Waals surface area contributed by atoms with Gasteiger partial charge in [-0.05, 0) is 0 Å². The van der Waals surface area contributed by atoms with Crippen molar-refractivity contribution in [2.45, 2.75) is 49.7 Å². The van der Waals surface area contributed by atoms with E-state index in [9.17, 15) is 30.0 Å². The Labute approximate surface area is 217 Å². The Hall–Kier alpha value is -3.94. The zero-order valence-corrected chi connectivity index (χ0v) is 20.3. The lowest BCUT2D eigenvalue weighted by molar-refractivity contribution is -0.0432. The van der Waals surface area contributed by atoms with Gasteiger partial charge >= 0.3 is 0 Å². The Morgan fingerprint density at radius 2 is 1.26 bits per heavy atom. The van der Waals surface area contributed by atoms with Gasteiger partial charge in [-0.2, -0.15) is 9.97 Å². The van der Waals surface area contributed by atoms with Gasteiger partial charge in [0.05, 0.1) is 44.7 Å². The van der Waals surface area contributed by atoms with E-state index in [1.165, 1.54) is 21.8 Å². The Balaban J connectivity index is 1.19. The number of rotatable bonds is 8. The number of aromatic nitrogens is 8. The molecule has 208 valence electrons. The van der Waals surface area contributed by atoms with Crippen molar-refractivity contribution in [3.05, 3.63) is 33.4 Å². The number of anilines is 2. The molecule has 0 amide bonds. The molecule has 0 aromatic carbocycles. The molecule has 2 aliphatic rings. The highest BCUT2D eigenvalue weighted by Gasteiger charge is 2.36. The normalized spacial score (nSPS) is 27.1. The van der Waals surface area contributed by atoms with Gasteiger partial charge in [-0.3, -0.25) is 28.7 Å². The lowest BCUT2D eigenvalue weighted by Crippen LogP contribution is -2.24.